The van der Waals surface area contributed by atoms with E-state index in [4.69, 9.17) is 5.84 Å². The quantitative estimate of drug-likeness (QED) is 0.284. The standard InChI is InChI=1S/C9H19N3/c1-7(2)9(12-10)11-8-5-3-4-6-8/h7-8H,3-6,10H2,1-2H3,(H,11,12). The van der Waals surface area contributed by atoms with Crippen LogP contribution in [0.3, 0.4) is 0 Å². The van der Waals surface area contributed by atoms with Crippen LogP contribution in [0.1, 0.15) is 39.5 Å². The second-order valence-electron chi connectivity index (χ2n) is 3.75. The van der Waals surface area contributed by atoms with E-state index in [9.17, 15) is 0 Å². The predicted molar refractivity (Wildman–Crippen MR) is 51.9 cm³/mol. The summed E-state index contributed by atoms with van der Waals surface area (Å²) in [5.41, 5.74) is 2.68. The van der Waals surface area contributed by atoms with Crippen LogP contribution in [0.15, 0.2) is 4.99 Å². The lowest BCUT2D eigenvalue weighted by Crippen LogP contribution is -2.35. The molecule has 0 amide bonds. The third-order valence-electron chi connectivity index (χ3n) is 2.34. The monoisotopic (exact) mass is 169 g/mol. The number of aliphatic imine (C=N–C) groups is 1. The minimum atomic E-state index is 0.413. The summed E-state index contributed by atoms with van der Waals surface area (Å²) in [7, 11) is 0. The van der Waals surface area contributed by atoms with Gasteiger partial charge >= 0.3 is 0 Å². The summed E-state index contributed by atoms with van der Waals surface area (Å²) in [4.78, 5) is 4.57. The fourth-order valence-electron chi connectivity index (χ4n) is 1.58. The van der Waals surface area contributed by atoms with Gasteiger partial charge in [0.05, 0.1) is 6.04 Å². The Hall–Kier alpha value is -0.570. The molecule has 0 atom stereocenters. The van der Waals surface area contributed by atoms with Crippen LogP contribution in [0.5, 0.6) is 0 Å². The summed E-state index contributed by atoms with van der Waals surface area (Å²) in [6.07, 6.45) is 5.12. The number of nitrogens with one attached hydrogen (secondary N) is 1. The third-order valence-corrected chi connectivity index (χ3v) is 2.34. The van der Waals surface area contributed by atoms with E-state index in [-0.39, 0.29) is 0 Å². The number of nitrogens with two attached hydrogens (primary N) is 1. The van der Waals surface area contributed by atoms with Gasteiger partial charge in [-0.05, 0) is 12.8 Å². The maximum Gasteiger partial charge on any atom is 0.113 e. The van der Waals surface area contributed by atoms with Crippen LogP contribution in [-0.4, -0.2) is 11.9 Å². The minimum Gasteiger partial charge on any atom is -0.312 e. The molecule has 1 saturated carbocycles. The number of hydrazine groups is 1. The van der Waals surface area contributed by atoms with Crippen LogP contribution in [0.4, 0.5) is 0 Å². The van der Waals surface area contributed by atoms with Crippen molar-refractivity contribution in [1.82, 2.24) is 5.43 Å². The van der Waals surface area contributed by atoms with E-state index in [2.05, 4.69) is 24.3 Å². The highest BCUT2D eigenvalue weighted by Crippen LogP contribution is 2.21. The molecule has 1 fully saturated rings. The van der Waals surface area contributed by atoms with Gasteiger partial charge in [-0.15, -0.1) is 0 Å². The topological polar surface area (TPSA) is 50.4 Å². The molecule has 1 rings (SSSR count). The highest BCUT2D eigenvalue weighted by atomic mass is 15.3. The molecule has 70 valence electrons. The van der Waals surface area contributed by atoms with E-state index in [0.29, 0.717) is 12.0 Å². The molecule has 0 aromatic rings. The molecule has 0 heterocycles. The van der Waals surface area contributed by atoms with Crippen molar-refractivity contribution >= 4 is 5.84 Å². The largest absolute Gasteiger partial charge is 0.312 e. The first-order valence-electron chi connectivity index (χ1n) is 4.78. The minimum absolute atomic E-state index is 0.413. The van der Waals surface area contributed by atoms with Gasteiger partial charge in [-0.3, -0.25) is 4.99 Å². The lowest BCUT2D eigenvalue weighted by atomic mass is 10.2. The average Bonchev–Trinajstić information content (AvgIpc) is 2.51. The van der Waals surface area contributed by atoms with Crippen molar-refractivity contribution < 1.29 is 0 Å². The first-order valence-corrected chi connectivity index (χ1v) is 4.78. The molecule has 0 radical (unpaired) electrons. The second kappa shape index (κ2) is 4.45. The molecule has 0 unspecified atom stereocenters. The Labute approximate surface area is 74.4 Å². The third kappa shape index (κ3) is 2.48. The van der Waals surface area contributed by atoms with E-state index >= 15 is 0 Å². The van der Waals surface area contributed by atoms with Gasteiger partial charge in [-0.1, -0.05) is 26.7 Å². The summed E-state index contributed by atoms with van der Waals surface area (Å²) in [5, 5.41) is 0. The van der Waals surface area contributed by atoms with Crippen molar-refractivity contribution in [3.8, 4) is 0 Å². The van der Waals surface area contributed by atoms with Crippen molar-refractivity contribution in [3.63, 3.8) is 0 Å². The van der Waals surface area contributed by atoms with Crippen LogP contribution in [0.25, 0.3) is 0 Å². The molecule has 3 nitrogen and oxygen atoms in total. The fourth-order valence-corrected chi connectivity index (χ4v) is 1.58. The van der Waals surface area contributed by atoms with Gasteiger partial charge in [0.25, 0.3) is 0 Å². The zero-order valence-electron chi connectivity index (χ0n) is 8.01. The molecular weight excluding hydrogens is 150 g/mol. The molecule has 0 saturated heterocycles. The average molecular weight is 169 g/mol. The van der Waals surface area contributed by atoms with Gasteiger partial charge in [0.1, 0.15) is 5.84 Å². The SMILES string of the molecule is CC(C)C(=NC1CCCC1)NN. The van der Waals surface area contributed by atoms with Crippen LogP contribution < -0.4 is 11.3 Å². The first-order chi connectivity index (χ1) is 5.74. The van der Waals surface area contributed by atoms with Gasteiger partial charge in [0.2, 0.25) is 0 Å². The Morgan fingerprint density at radius 3 is 2.42 bits per heavy atom. The lowest BCUT2D eigenvalue weighted by molar-refractivity contribution is 0.680. The lowest BCUT2D eigenvalue weighted by Gasteiger charge is -2.11. The van der Waals surface area contributed by atoms with E-state index < -0.39 is 0 Å². The Morgan fingerprint density at radius 1 is 1.42 bits per heavy atom. The predicted octanol–water partition coefficient (Wildman–Crippen LogP) is 1.45. The van der Waals surface area contributed by atoms with Gasteiger partial charge in [0.15, 0.2) is 0 Å². The molecular formula is C9H19N3. The molecule has 0 aromatic carbocycles. The van der Waals surface area contributed by atoms with E-state index in [0.717, 1.165) is 5.84 Å². The summed E-state index contributed by atoms with van der Waals surface area (Å²) >= 11 is 0. The van der Waals surface area contributed by atoms with Crippen molar-refractivity contribution in [2.45, 2.75) is 45.6 Å². The van der Waals surface area contributed by atoms with Crippen molar-refractivity contribution in [2.75, 3.05) is 0 Å². The number of rotatable bonds is 2. The summed E-state index contributed by atoms with van der Waals surface area (Å²) in [6.45, 7) is 4.21. The first kappa shape index (κ1) is 9.52. The van der Waals surface area contributed by atoms with Crippen LogP contribution in [0.2, 0.25) is 0 Å². The molecule has 3 heteroatoms. The maximum absolute atomic E-state index is 5.37. The Bertz CT molecular complexity index is 157. The highest BCUT2D eigenvalue weighted by molar-refractivity contribution is 5.83. The molecule has 1 aliphatic rings. The number of hydrogen-bond acceptors (Lipinski definition) is 2. The van der Waals surface area contributed by atoms with Crippen LogP contribution in [-0.2, 0) is 0 Å². The summed E-state index contributed by atoms with van der Waals surface area (Å²) in [5.74, 6) is 6.73. The summed E-state index contributed by atoms with van der Waals surface area (Å²) < 4.78 is 0. The smallest absolute Gasteiger partial charge is 0.113 e. The Kier molecular flexibility index (Phi) is 3.53. The van der Waals surface area contributed by atoms with E-state index in [1.807, 2.05) is 0 Å². The van der Waals surface area contributed by atoms with E-state index in [1.54, 1.807) is 0 Å². The van der Waals surface area contributed by atoms with Crippen LogP contribution >= 0.6 is 0 Å². The fraction of sp³-hybridized carbons (Fsp3) is 0.889. The molecule has 12 heavy (non-hydrogen) atoms. The van der Waals surface area contributed by atoms with Crippen molar-refractivity contribution in [2.24, 2.45) is 16.8 Å². The molecule has 0 aliphatic heterocycles. The van der Waals surface area contributed by atoms with Gasteiger partial charge in [0, 0.05) is 5.92 Å². The zero-order valence-corrected chi connectivity index (χ0v) is 8.01. The number of amidine groups is 1. The Balaban J connectivity index is 2.50. The molecule has 3 N–H and O–H groups in total. The van der Waals surface area contributed by atoms with Gasteiger partial charge in [-0.25, -0.2) is 5.84 Å². The van der Waals surface area contributed by atoms with Gasteiger partial charge < -0.3 is 5.43 Å². The summed E-state index contributed by atoms with van der Waals surface area (Å²) in [6, 6.07) is 0.526. The zero-order chi connectivity index (χ0) is 8.97. The molecule has 1 aliphatic carbocycles. The second-order valence-corrected chi connectivity index (χ2v) is 3.75. The molecule has 0 spiro atoms. The molecule has 0 aromatic heterocycles. The van der Waals surface area contributed by atoms with Gasteiger partial charge in [-0.2, -0.15) is 0 Å². The van der Waals surface area contributed by atoms with E-state index in [1.165, 1.54) is 25.7 Å². The number of hydrogen-bond donors (Lipinski definition) is 2. The van der Waals surface area contributed by atoms with Crippen molar-refractivity contribution in [1.29, 1.82) is 0 Å². The van der Waals surface area contributed by atoms with Crippen molar-refractivity contribution in [3.05, 3.63) is 0 Å². The normalized spacial score (nSPS) is 20.5. The molecule has 0 bridgehead atoms. The maximum atomic E-state index is 5.37. The highest BCUT2D eigenvalue weighted by Gasteiger charge is 2.15. The Morgan fingerprint density at radius 2 is 2.00 bits per heavy atom. The van der Waals surface area contributed by atoms with Crippen LogP contribution in [0, 0.1) is 5.92 Å². The number of nitrogens with zero attached hydrogens (tertiary/aromatic N) is 1.